The predicted octanol–water partition coefficient (Wildman–Crippen LogP) is -2.40. The van der Waals surface area contributed by atoms with E-state index in [0.717, 1.165) is 6.92 Å². The Labute approximate surface area is 221 Å². The maximum atomic E-state index is 12.2. The van der Waals surface area contributed by atoms with Crippen LogP contribution in [0.5, 0.6) is 0 Å². The number of aliphatic carboxylic acids is 4. The number of hydrogen-bond acceptors (Lipinski definition) is 9. The fourth-order valence-corrected chi connectivity index (χ4v) is 3.14. The lowest BCUT2D eigenvalue weighted by Crippen LogP contribution is -2.45. The van der Waals surface area contributed by atoms with Gasteiger partial charge in [-0.1, -0.05) is 0 Å². The minimum atomic E-state index is -1.57. The molecule has 0 fully saturated rings. The Kier molecular flexibility index (Phi) is 15.7. The number of rotatable bonds is 20. The smallest absolute Gasteiger partial charge is 0.326 e. The third-order valence-corrected chi connectivity index (χ3v) is 5.13. The van der Waals surface area contributed by atoms with Crippen LogP contribution in [0.15, 0.2) is 0 Å². The fraction of sp³-hybridized carbons (Fsp3) is 0.591. The van der Waals surface area contributed by atoms with E-state index in [-0.39, 0.29) is 19.3 Å². The molecular formula is C22H32N4O13. The van der Waals surface area contributed by atoms with Crippen molar-refractivity contribution >= 4 is 53.8 Å². The van der Waals surface area contributed by atoms with Gasteiger partial charge in [0.25, 0.3) is 0 Å². The van der Waals surface area contributed by atoms with E-state index < -0.39 is 104 Å². The number of carboxylic acid groups (broad SMARTS) is 4. The zero-order chi connectivity index (χ0) is 30.1. The van der Waals surface area contributed by atoms with E-state index in [4.69, 9.17) is 10.2 Å². The highest BCUT2D eigenvalue weighted by molar-refractivity contribution is 5.88. The van der Waals surface area contributed by atoms with Crippen molar-refractivity contribution < 1.29 is 63.6 Å². The Balaban J connectivity index is 4.84. The van der Waals surface area contributed by atoms with Gasteiger partial charge in [-0.2, -0.15) is 0 Å². The number of hydrogen-bond donors (Lipinski definition) is 8. The Morgan fingerprint density at radius 2 is 0.821 bits per heavy atom. The van der Waals surface area contributed by atoms with Gasteiger partial charge in [-0.3, -0.25) is 19.2 Å². The van der Waals surface area contributed by atoms with E-state index in [1.165, 1.54) is 0 Å². The van der Waals surface area contributed by atoms with Gasteiger partial charge in [-0.25, -0.2) is 19.2 Å². The lowest BCUT2D eigenvalue weighted by molar-refractivity contribution is -0.144. The molecule has 0 rings (SSSR count). The average molecular weight is 561 g/mol. The molecule has 17 heteroatoms. The van der Waals surface area contributed by atoms with E-state index in [0.29, 0.717) is 6.29 Å². The molecule has 4 amide bonds. The molecule has 0 aliphatic rings. The third kappa shape index (κ3) is 15.3. The Bertz CT molecular complexity index is 952. The van der Waals surface area contributed by atoms with Crippen LogP contribution in [0, 0.1) is 0 Å². The second kappa shape index (κ2) is 17.8. The van der Waals surface area contributed by atoms with Gasteiger partial charge in [-0.15, -0.1) is 0 Å². The Morgan fingerprint density at radius 1 is 0.538 bits per heavy atom. The molecule has 0 aromatic rings. The number of amides is 4. The molecule has 8 N–H and O–H groups in total. The average Bonchev–Trinajstić information content (AvgIpc) is 2.83. The number of carbonyl (C=O) groups is 9. The van der Waals surface area contributed by atoms with Gasteiger partial charge in [0.15, 0.2) is 0 Å². The normalized spacial score (nSPS) is 13.5. The first-order valence-electron chi connectivity index (χ1n) is 11.7. The van der Waals surface area contributed by atoms with Gasteiger partial charge < -0.3 is 46.5 Å². The van der Waals surface area contributed by atoms with Crippen molar-refractivity contribution in [1.82, 2.24) is 21.3 Å². The van der Waals surface area contributed by atoms with E-state index >= 15 is 0 Å². The number of carbonyl (C=O) groups excluding carboxylic acids is 5. The molecule has 0 bridgehead atoms. The standard InChI is InChI=1S/C22H32N4O13/c1-11(28)23-13(20(34)35)4-7-17(30)25-15(22(38)39)6-9-18(31)26-14(21(36)37)5-8-16(29)24-12(19(32)33)3-2-10-27/h10,12-15H,2-9H2,1H3,(H,23,28)(H,24,29)(H,25,30)(H,26,31)(H,32,33)(H,34,35)(H,36,37)(H,38,39)/t12-,13-,14-,15-/m0/s1. The summed E-state index contributed by atoms with van der Waals surface area (Å²) in [6.07, 6.45) is -2.49. The number of aldehydes is 1. The van der Waals surface area contributed by atoms with E-state index in [2.05, 4.69) is 21.3 Å². The molecule has 39 heavy (non-hydrogen) atoms. The van der Waals surface area contributed by atoms with Crippen molar-refractivity contribution in [1.29, 1.82) is 0 Å². The van der Waals surface area contributed by atoms with Crippen LogP contribution in [-0.2, 0) is 43.2 Å². The molecule has 0 aromatic carbocycles. The maximum Gasteiger partial charge on any atom is 0.326 e. The summed E-state index contributed by atoms with van der Waals surface area (Å²) >= 11 is 0. The van der Waals surface area contributed by atoms with Crippen LogP contribution in [0.25, 0.3) is 0 Å². The molecule has 0 saturated carbocycles. The van der Waals surface area contributed by atoms with Gasteiger partial charge in [0.1, 0.15) is 30.5 Å². The molecule has 17 nitrogen and oxygen atoms in total. The monoisotopic (exact) mass is 560 g/mol. The molecule has 218 valence electrons. The van der Waals surface area contributed by atoms with E-state index in [9.17, 15) is 53.4 Å². The zero-order valence-corrected chi connectivity index (χ0v) is 21.0. The highest BCUT2D eigenvalue weighted by atomic mass is 16.4. The second-order valence-corrected chi connectivity index (χ2v) is 8.33. The molecule has 0 unspecified atom stereocenters. The van der Waals surface area contributed by atoms with Gasteiger partial charge in [0.05, 0.1) is 0 Å². The van der Waals surface area contributed by atoms with Crippen molar-refractivity contribution in [2.24, 2.45) is 0 Å². The molecule has 0 aromatic heterocycles. The van der Waals surface area contributed by atoms with Crippen LogP contribution in [0.2, 0.25) is 0 Å². The first kappa shape index (κ1) is 34.4. The zero-order valence-electron chi connectivity index (χ0n) is 21.0. The molecule has 0 radical (unpaired) electrons. The van der Waals surface area contributed by atoms with Gasteiger partial charge >= 0.3 is 23.9 Å². The molecule has 0 aliphatic carbocycles. The molecular weight excluding hydrogens is 528 g/mol. The molecule has 4 atom stereocenters. The van der Waals surface area contributed by atoms with Crippen molar-refractivity contribution in [3.05, 3.63) is 0 Å². The van der Waals surface area contributed by atoms with E-state index in [1.807, 2.05) is 0 Å². The Hall–Kier alpha value is -4.57. The quantitative estimate of drug-likeness (QED) is 0.0722. The van der Waals surface area contributed by atoms with Crippen LogP contribution in [0.1, 0.15) is 58.3 Å². The van der Waals surface area contributed by atoms with Crippen LogP contribution >= 0.6 is 0 Å². The topological polar surface area (TPSA) is 283 Å². The minimum Gasteiger partial charge on any atom is -0.480 e. The summed E-state index contributed by atoms with van der Waals surface area (Å²) in [7, 11) is 0. The highest BCUT2D eigenvalue weighted by Crippen LogP contribution is 2.05. The first-order valence-corrected chi connectivity index (χ1v) is 11.7. The summed E-state index contributed by atoms with van der Waals surface area (Å²) in [4.78, 5) is 103. The van der Waals surface area contributed by atoms with E-state index in [1.54, 1.807) is 0 Å². The third-order valence-electron chi connectivity index (χ3n) is 5.13. The van der Waals surface area contributed by atoms with Crippen molar-refractivity contribution in [2.45, 2.75) is 82.5 Å². The fourth-order valence-electron chi connectivity index (χ4n) is 3.14. The van der Waals surface area contributed by atoms with Crippen LogP contribution in [-0.4, -0.2) is 98.4 Å². The summed E-state index contributed by atoms with van der Waals surface area (Å²) in [5.41, 5.74) is 0. The minimum absolute atomic E-state index is 0.122. The van der Waals surface area contributed by atoms with Gasteiger partial charge in [0.2, 0.25) is 23.6 Å². The second-order valence-electron chi connectivity index (χ2n) is 8.33. The summed E-state index contributed by atoms with van der Waals surface area (Å²) in [6.45, 7) is 1.08. The van der Waals surface area contributed by atoms with Crippen LogP contribution < -0.4 is 21.3 Å². The molecule has 0 saturated heterocycles. The van der Waals surface area contributed by atoms with Crippen LogP contribution in [0.4, 0.5) is 0 Å². The van der Waals surface area contributed by atoms with Gasteiger partial charge in [-0.05, 0) is 25.7 Å². The summed E-state index contributed by atoms with van der Waals surface area (Å²) < 4.78 is 0. The maximum absolute atomic E-state index is 12.2. The molecule has 0 spiro atoms. The SMILES string of the molecule is CC(=O)N[C@@H](CCC(=O)N[C@@H](CCC(=O)N[C@@H](CCC(=O)N[C@@H](CCC=O)C(=O)O)C(=O)O)C(=O)O)C(=O)O. The van der Waals surface area contributed by atoms with Crippen molar-refractivity contribution in [3.8, 4) is 0 Å². The summed E-state index contributed by atoms with van der Waals surface area (Å²) in [5, 5.41) is 45.2. The van der Waals surface area contributed by atoms with Crippen molar-refractivity contribution in [2.75, 3.05) is 0 Å². The van der Waals surface area contributed by atoms with Crippen LogP contribution in [0.3, 0.4) is 0 Å². The summed E-state index contributed by atoms with van der Waals surface area (Å²) in [6, 6.07) is -5.87. The predicted molar refractivity (Wildman–Crippen MR) is 127 cm³/mol. The molecule has 0 heterocycles. The number of nitrogens with one attached hydrogen (secondary N) is 4. The Morgan fingerprint density at radius 3 is 1.08 bits per heavy atom. The lowest BCUT2D eigenvalue weighted by atomic mass is 10.1. The number of carboxylic acids is 4. The lowest BCUT2D eigenvalue weighted by Gasteiger charge is -2.18. The van der Waals surface area contributed by atoms with Gasteiger partial charge in [0, 0.05) is 32.6 Å². The largest absolute Gasteiger partial charge is 0.480 e. The molecule has 0 aliphatic heterocycles. The highest BCUT2D eigenvalue weighted by Gasteiger charge is 2.26. The van der Waals surface area contributed by atoms with Crippen molar-refractivity contribution in [3.63, 3.8) is 0 Å². The summed E-state index contributed by atoms with van der Waals surface area (Å²) in [5.74, 6) is -9.04. The first-order chi connectivity index (χ1) is 18.2.